The number of hydrogen-bond donors (Lipinski definition) is 1. The van der Waals surface area contributed by atoms with Crippen molar-refractivity contribution in [1.82, 2.24) is 0 Å². The van der Waals surface area contributed by atoms with E-state index in [1.54, 1.807) is 0 Å². The van der Waals surface area contributed by atoms with Crippen molar-refractivity contribution in [3.63, 3.8) is 0 Å². The summed E-state index contributed by atoms with van der Waals surface area (Å²) in [5, 5.41) is 0. The smallest absolute Gasteiger partial charge is 0.0314 e. The highest BCUT2D eigenvalue weighted by molar-refractivity contribution is 5.40. The lowest BCUT2D eigenvalue weighted by Gasteiger charge is -2.09. The van der Waals surface area contributed by atoms with Crippen molar-refractivity contribution in [2.75, 3.05) is 5.73 Å². The molecule has 0 aromatic heterocycles. The van der Waals surface area contributed by atoms with Crippen molar-refractivity contribution < 1.29 is 0 Å². The molecule has 0 aliphatic heterocycles. The molecule has 1 rings (SSSR count). The highest BCUT2D eigenvalue weighted by Gasteiger charge is 2.02. The Morgan fingerprint density at radius 1 is 1.07 bits per heavy atom. The SMILES string of the molecule is CCC.CCCC(C)c1ccc(N)cc1. The van der Waals surface area contributed by atoms with Gasteiger partial charge in [-0.15, -0.1) is 0 Å². The quantitative estimate of drug-likeness (QED) is 0.721. The normalized spacial score (nSPS) is 11.5. The molecule has 1 aromatic carbocycles. The molecule has 0 bridgehead atoms. The van der Waals surface area contributed by atoms with E-state index >= 15 is 0 Å². The van der Waals surface area contributed by atoms with Gasteiger partial charge in [0.1, 0.15) is 0 Å². The predicted molar refractivity (Wildman–Crippen MR) is 70.1 cm³/mol. The van der Waals surface area contributed by atoms with E-state index in [0.717, 1.165) is 5.69 Å². The zero-order valence-corrected chi connectivity index (χ0v) is 10.6. The van der Waals surface area contributed by atoms with Crippen LogP contribution in [-0.4, -0.2) is 0 Å². The average molecular weight is 207 g/mol. The second-order valence-electron chi connectivity index (χ2n) is 4.06. The van der Waals surface area contributed by atoms with E-state index < -0.39 is 0 Å². The lowest BCUT2D eigenvalue weighted by molar-refractivity contribution is 0.665. The van der Waals surface area contributed by atoms with Crippen LogP contribution in [0.25, 0.3) is 0 Å². The molecule has 1 unspecified atom stereocenters. The Balaban J connectivity index is 0.000000583. The summed E-state index contributed by atoms with van der Waals surface area (Å²) >= 11 is 0. The molecule has 86 valence electrons. The van der Waals surface area contributed by atoms with Gasteiger partial charge in [0.05, 0.1) is 0 Å². The Kier molecular flexibility index (Phi) is 7.79. The molecule has 0 heterocycles. The Morgan fingerprint density at radius 3 is 1.93 bits per heavy atom. The fraction of sp³-hybridized carbons (Fsp3) is 0.571. The topological polar surface area (TPSA) is 26.0 Å². The van der Waals surface area contributed by atoms with Gasteiger partial charge in [-0.05, 0) is 30.0 Å². The minimum atomic E-state index is 0.663. The lowest BCUT2D eigenvalue weighted by Crippen LogP contribution is -1.93. The Hall–Kier alpha value is -0.980. The van der Waals surface area contributed by atoms with E-state index in [2.05, 4.69) is 39.8 Å². The summed E-state index contributed by atoms with van der Waals surface area (Å²) in [5.74, 6) is 0.663. The summed E-state index contributed by atoms with van der Waals surface area (Å²) < 4.78 is 0. The number of anilines is 1. The fourth-order valence-corrected chi connectivity index (χ4v) is 1.42. The number of rotatable bonds is 3. The van der Waals surface area contributed by atoms with Crippen LogP contribution >= 0.6 is 0 Å². The molecule has 0 amide bonds. The summed E-state index contributed by atoms with van der Waals surface area (Å²) in [7, 11) is 0. The third-order valence-corrected chi connectivity index (χ3v) is 2.23. The summed E-state index contributed by atoms with van der Waals surface area (Å²) in [6, 6.07) is 8.19. The van der Waals surface area contributed by atoms with Crippen molar-refractivity contribution in [1.29, 1.82) is 0 Å². The van der Waals surface area contributed by atoms with Gasteiger partial charge in [-0.3, -0.25) is 0 Å². The molecule has 0 aliphatic carbocycles. The van der Waals surface area contributed by atoms with Crippen molar-refractivity contribution in [3.8, 4) is 0 Å². The molecule has 1 heteroatoms. The van der Waals surface area contributed by atoms with E-state index in [1.807, 2.05) is 12.1 Å². The van der Waals surface area contributed by atoms with Gasteiger partial charge in [0.15, 0.2) is 0 Å². The zero-order valence-electron chi connectivity index (χ0n) is 10.6. The molecular formula is C14H25N. The maximum absolute atomic E-state index is 5.60. The number of nitrogens with two attached hydrogens (primary N) is 1. The predicted octanol–water partition coefficient (Wildman–Crippen LogP) is 4.59. The standard InChI is InChI=1S/C11H17N.C3H8/c1-3-4-9(2)10-5-7-11(12)8-6-10;1-3-2/h5-9H,3-4,12H2,1-2H3;3H2,1-2H3. The second-order valence-corrected chi connectivity index (χ2v) is 4.06. The van der Waals surface area contributed by atoms with Crippen molar-refractivity contribution in [2.45, 2.75) is 52.9 Å². The van der Waals surface area contributed by atoms with Crippen LogP contribution in [0.4, 0.5) is 5.69 Å². The molecule has 0 spiro atoms. The summed E-state index contributed by atoms with van der Waals surface area (Å²) in [6.45, 7) is 8.73. The van der Waals surface area contributed by atoms with E-state index in [1.165, 1.54) is 24.8 Å². The fourth-order valence-electron chi connectivity index (χ4n) is 1.42. The molecular weight excluding hydrogens is 182 g/mol. The minimum absolute atomic E-state index is 0.663. The first-order valence-corrected chi connectivity index (χ1v) is 6.01. The Labute approximate surface area is 94.7 Å². The molecule has 15 heavy (non-hydrogen) atoms. The Morgan fingerprint density at radius 2 is 1.53 bits per heavy atom. The van der Waals surface area contributed by atoms with E-state index in [0.29, 0.717) is 5.92 Å². The van der Waals surface area contributed by atoms with Crippen LogP contribution in [-0.2, 0) is 0 Å². The summed E-state index contributed by atoms with van der Waals surface area (Å²) in [4.78, 5) is 0. The molecule has 0 fully saturated rings. The molecule has 1 atom stereocenters. The second kappa shape index (κ2) is 8.34. The third-order valence-electron chi connectivity index (χ3n) is 2.23. The monoisotopic (exact) mass is 207 g/mol. The average Bonchev–Trinajstić information content (AvgIpc) is 2.20. The van der Waals surface area contributed by atoms with E-state index in [9.17, 15) is 0 Å². The maximum atomic E-state index is 5.60. The van der Waals surface area contributed by atoms with Gasteiger partial charge in [-0.25, -0.2) is 0 Å². The van der Waals surface area contributed by atoms with Crippen LogP contribution in [0.1, 0.15) is 58.4 Å². The van der Waals surface area contributed by atoms with Crippen molar-refractivity contribution in [3.05, 3.63) is 29.8 Å². The molecule has 0 aliphatic rings. The largest absolute Gasteiger partial charge is 0.399 e. The van der Waals surface area contributed by atoms with Gasteiger partial charge in [0.25, 0.3) is 0 Å². The summed E-state index contributed by atoms with van der Waals surface area (Å²) in [5.41, 5.74) is 7.84. The lowest BCUT2D eigenvalue weighted by atomic mass is 9.96. The van der Waals surface area contributed by atoms with Gasteiger partial charge in [0.2, 0.25) is 0 Å². The van der Waals surface area contributed by atoms with Crippen LogP contribution < -0.4 is 5.73 Å². The van der Waals surface area contributed by atoms with Crippen LogP contribution in [0.5, 0.6) is 0 Å². The molecule has 1 aromatic rings. The third kappa shape index (κ3) is 6.16. The van der Waals surface area contributed by atoms with E-state index in [-0.39, 0.29) is 0 Å². The number of nitrogen functional groups attached to an aromatic ring is 1. The Bertz CT molecular complexity index is 238. The number of hydrogen-bond acceptors (Lipinski definition) is 1. The van der Waals surface area contributed by atoms with Crippen LogP contribution in [0.3, 0.4) is 0 Å². The van der Waals surface area contributed by atoms with Crippen molar-refractivity contribution >= 4 is 5.69 Å². The van der Waals surface area contributed by atoms with Gasteiger partial charge >= 0.3 is 0 Å². The van der Waals surface area contributed by atoms with Crippen LogP contribution in [0, 0.1) is 0 Å². The summed E-state index contributed by atoms with van der Waals surface area (Å²) in [6.07, 6.45) is 3.75. The van der Waals surface area contributed by atoms with Gasteiger partial charge < -0.3 is 5.73 Å². The van der Waals surface area contributed by atoms with Crippen LogP contribution in [0.15, 0.2) is 24.3 Å². The molecule has 2 N–H and O–H groups in total. The molecule has 0 saturated carbocycles. The van der Waals surface area contributed by atoms with E-state index in [4.69, 9.17) is 5.73 Å². The van der Waals surface area contributed by atoms with Gasteiger partial charge in [-0.1, -0.05) is 52.7 Å². The first-order valence-electron chi connectivity index (χ1n) is 6.01. The van der Waals surface area contributed by atoms with Crippen LogP contribution in [0.2, 0.25) is 0 Å². The maximum Gasteiger partial charge on any atom is 0.0314 e. The van der Waals surface area contributed by atoms with Gasteiger partial charge in [0, 0.05) is 5.69 Å². The minimum Gasteiger partial charge on any atom is -0.399 e. The first kappa shape index (κ1) is 14.0. The molecule has 0 saturated heterocycles. The number of benzene rings is 1. The zero-order chi connectivity index (χ0) is 11.7. The molecule has 1 nitrogen and oxygen atoms in total. The molecule has 0 radical (unpaired) electrons. The highest BCUT2D eigenvalue weighted by Crippen LogP contribution is 2.20. The first-order chi connectivity index (χ1) is 7.15. The highest BCUT2D eigenvalue weighted by atomic mass is 14.5. The van der Waals surface area contributed by atoms with Crippen molar-refractivity contribution in [2.24, 2.45) is 0 Å². The van der Waals surface area contributed by atoms with Gasteiger partial charge in [-0.2, -0.15) is 0 Å².